The van der Waals surface area contributed by atoms with Crippen LogP contribution in [-0.4, -0.2) is 7.11 Å². The average molecular weight is 156 g/mol. The third-order valence-electron chi connectivity index (χ3n) is 1.65. The van der Waals surface area contributed by atoms with E-state index < -0.39 is 0 Å². The predicted molar refractivity (Wildman–Crippen MR) is 45.9 cm³/mol. The maximum atomic E-state index is 5.08. The second-order valence-corrected chi connectivity index (χ2v) is 2.84. The molecule has 12 heavy (non-hydrogen) atoms. The van der Waals surface area contributed by atoms with E-state index in [9.17, 15) is 0 Å². The normalized spacial score (nSPS) is 9.33. The molecule has 0 N–H and O–H groups in total. The van der Waals surface area contributed by atoms with Crippen LogP contribution in [0, 0.1) is 6.07 Å². The average Bonchev–Trinajstić information content (AvgIpc) is 2.05. The first kappa shape index (κ1) is 11.6. The van der Waals surface area contributed by atoms with Crippen LogP contribution in [0.15, 0.2) is 18.2 Å². The number of benzene rings is 1. The second kappa shape index (κ2) is 5.30. The molecular formula is C10H13LiO. The first-order chi connectivity index (χ1) is 5.24. The first-order valence-electron chi connectivity index (χ1n) is 3.79. The number of rotatable bonds is 2. The molecule has 0 spiro atoms. The topological polar surface area (TPSA) is 9.23 Å². The van der Waals surface area contributed by atoms with Gasteiger partial charge in [-0.3, -0.25) is 0 Å². The summed E-state index contributed by atoms with van der Waals surface area (Å²) in [4.78, 5) is 0. The quantitative estimate of drug-likeness (QED) is 0.419. The Kier molecular flexibility index (Phi) is 5.13. The van der Waals surface area contributed by atoms with Crippen LogP contribution >= 0.6 is 0 Å². The minimum atomic E-state index is 0. The van der Waals surface area contributed by atoms with Crippen LogP contribution in [0.1, 0.15) is 25.3 Å². The summed E-state index contributed by atoms with van der Waals surface area (Å²) < 4.78 is 5.08. The Morgan fingerprint density at radius 2 is 2.08 bits per heavy atom. The van der Waals surface area contributed by atoms with Gasteiger partial charge in [-0.05, 0) is 5.92 Å². The molecule has 0 aromatic heterocycles. The minimum absolute atomic E-state index is 0. The molecule has 0 heterocycles. The molecule has 0 atom stereocenters. The number of hydrogen-bond acceptors (Lipinski definition) is 1. The van der Waals surface area contributed by atoms with Gasteiger partial charge in [0.1, 0.15) is 0 Å². The molecule has 0 aliphatic rings. The smallest absolute Gasteiger partial charge is 0.522 e. The molecule has 1 aromatic carbocycles. The van der Waals surface area contributed by atoms with Crippen LogP contribution < -0.4 is 23.6 Å². The molecule has 0 bridgehead atoms. The van der Waals surface area contributed by atoms with Gasteiger partial charge < -0.3 is 4.74 Å². The van der Waals surface area contributed by atoms with E-state index in [-0.39, 0.29) is 18.9 Å². The molecule has 1 rings (SSSR count). The second-order valence-electron chi connectivity index (χ2n) is 2.84. The molecule has 0 aliphatic carbocycles. The van der Waals surface area contributed by atoms with Gasteiger partial charge in [0.25, 0.3) is 0 Å². The van der Waals surface area contributed by atoms with Crippen LogP contribution in [-0.2, 0) is 0 Å². The van der Waals surface area contributed by atoms with E-state index in [1.165, 1.54) is 5.56 Å². The molecule has 0 aliphatic heterocycles. The molecule has 0 unspecified atom stereocenters. The van der Waals surface area contributed by atoms with E-state index in [4.69, 9.17) is 4.74 Å². The van der Waals surface area contributed by atoms with Crippen molar-refractivity contribution in [3.63, 3.8) is 0 Å². The largest absolute Gasteiger partial charge is 1.00 e. The minimum Gasteiger partial charge on any atom is -0.522 e. The van der Waals surface area contributed by atoms with Crippen LogP contribution in [0.3, 0.4) is 0 Å². The Hall–Kier alpha value is -0.383. The molecule has 0 amide bonds. The molecule has 1 aromatic rings. The van der Waals surface area contributed by atoms with Gasteiger partial charge in [-0.15, -0.1) is 12.1 Å². The Balaban J connectivity index is 0.00000121. The van der Waals surface area contributed by atoms with E-state index in [2.05, 4.69) is 19.9 Å². The zero-order valence-electron chi connectivity index (χ0n) is 8.22. The maximum Gasteiger partial charge on any atom is 1.00 e. The van der Waals surface area contributed by atoms with Crippen LogP contribution in [0.25, 0.3) is 0 Å². The van der Waals surface area contributed by atoms with E-state index in [0.717, 1.165) is 5.75 Å². The van der Waals surface area contributed by atoms with Crippen molar-refractivity contribution in [1.82, 2.24) is 0 Å². The third kappa shape index (κ3) is 2.93. The van der Waals surface area contributed by atoms with E-state index >= 15 is 0 Å². The third-order valence-corrected chi connectivity index (χ3v) is 1.65. The Bertz CT molecular complexity index is 233. The SMILES string of the molecule is COc1cc[c-]c(C(C)C)c1.[Li+]. The molecule has 0 fully saturated rings. The Morgan fingerprint density at radius 1 is 1.42 bits per heavy atom. The first-order valence-corrected chi connectivity index (χ1v) is 3.79. The summed E-state index contributed by atoms with van der Waals surface area (Å²) in [7, 11) is 1.68. The summed E-state index contributed by atoms with van der Waals surface area (Å²) >= 11 is 0. The maximum absolute atomic E-state index is 5.08. The van der Waals surface area contributed by atoms with Gasteiger partial charge >= 0.3 is 18.9 Å². The molecule has 60 valence electrons. The van der Waals surface area contributed by atoms with Crippen molar-refractivity contribution in [1.29, 1.82) is 0 Å². The van der Waals surface area contributed by atoms with Crippen molar-refractivity contribution >= 4 is 0 Å². The zero-order valence-corrected chi connectivity index (χ0v) is 8.22. The number of hydrogen-bond donors (Lipinski definition) is 0. The molecule has 0 radical (unpaired) electrons. The van der Waals surface area contributed by atoms with Crippen molar-refractivity contribution in [3.05, 3.63) is 29.8 Å². The van der Waals surface area contributed by atoms with E-state index in [0.29, 0.717) is 5.92 Å². The standard InChI is InChI=1S/C10H13O.Li/c1-8(2)9-5-4-6-10(7-9)11-3;/h4,6-8H,1-3H3;/q-1;+1. The van der Waals surface area contributed by atoms with Crippen molar-refractivity contribution in [2.24, 2.45) is 0 Å². The van der Waals surface area contributed by atoms with Gasteiger partial charge in [0.05, 0.1) is 7.11 Å². The predicted octanol–water partition coefficient (Wildman–Crippen LogP) is -0.377. The molecule has 1 nitrogen and oxygen atoms in total. The van der Waals surface area contributed by atoms with Crippen molar-refractivity contribution in [3.8, 4) is 5.75 Å². The Morgan fingerprint density at radius 3 is 2.58 bits per heavy atom. The van der Waals surface area contributed by atoms with Crippen molar-refractivity contribution in [2.45, 2.75) is 19.8 Å². The summed E-state index contributed by atoms with van der Waals surface area (Å²) in [5.41, 5.74) is 1.20. The fourth-order valence-corrected chi connectivity index (χ4v) is 0.923. The Labute approximate surface area is 86.3 Å². The monoisotopic (exact) mass is 156 g/mol. The zero-order chi connectivity index (χ0) is 8.27. The summed E-state index contributed by atoms with van der Waals surface area (Å²) in [6.45, 7) is 4.29. The van der Waals surface area contributed by atoms with Crippen molar-refractivity contribution < 1.29 is 23.6 Å². The van der Waals surface area contributed by atoms with Crippen LogP contribution in [0.2, 0.25) is 0 Å². The van der Waals surface area contributed by atoms with Gasteiger partial charge in [0.15, 0.2) is 0 Å². The van der Waals surface area contributed by atoms with Crippen molar-refractivity contribution in [2.75, 3.05) is 7.11 Å². The molecule has 0 saturated carbocycles. The van der Waals surface area contributed by atoms with Crippen LogP contribution in [0.5, 0.6) is 5.75 Å². The summed E-state index contributed by atoms with van der Waals surface area (Å²) in [6, 6.07) is 8.99. The fourth-order valence-electron chi connectivity index (χ4n) is 0.923. The van der Waals surface area contributed by atoms with E-state index in [1.807, 2.05) is 18.2 Å². The molecular weight excluding hydrogens is 143 g/mol. The van der Waals surface area contributed by atoms with E-state index in [1.54, 1.807) is 7.11 Å². The fraction of sp³-hybridized carbons (Fsp3) is 0.400. The summed E-state index contributed by atoms with van der Waals surface area (Å²) in [6.07, 6.45) is 0. The molecule has 2 heteroatoms. The van der Waals surface area contributed by atoms with Crippen LogP contribution in [0.4, 0.5) is 0 Å². The van der Waals surface area contributed by atoms with Gasteiger partial charge in [0.2, 0.25) is 0 Å². The van der Waals surface area contributed by atoms with Gasteiger partial charge in [-0.2, -0.15) is 17.7 Å². The van der Waals surface area contributed by atoms with Gasteiger partial charge in [-0.25, -0.2) is 0 Å². The van der Waals surface area contributed by atoms with Gasteiger partial charge in [-0.1, -0.05) is 13.8 Å². The summed E-state index contributed by atoms with van der Waals surface area (Å²) in [5.74, 6) is 1.43. The van der Waals surface area contributed by atoms with Gasteiger partial charge in [0, 0.05) is 5.75 Å². The molecule has 0 saturated heterocycles. The number of methoxy groups -OCH3 is 1. The summed E-state index contributed by atoms with van der Waals surface area (Å²) in [5, 5.41) is 0. The number of ether oxygens (including phenoxy) is 1.